The van der Waals surface area contributed by atoms with Crippen molar-refractivity contribution in [2.45, 2.75) is 38.1 Å². The van der Waals surface area contributed by atoms with Gasteiger partial charge in [-0.15, -0.1) is 0 Å². The van der Waals surface area contributed by atoms with Gasteiger partial charge < -0.3 is 20.5 Å². The van der Waals surface area contributed by atoms with Gasteiger partial charge in [0.15, 0.2) is 0 Å². The smallest absolute Gasteiger partial charge is 0.407 e. The number of carbonyl (C=O) groups excluding carboxylic acids is 2. The van der Waals surface area contributed by atoms with E-state index in [1.165, 1.54) is 22.3 Å². The summed E-state index contributed by atoms with van der Waals surface area (Å²) in [6.07, 6.45) is 1.34. The van der Waals surface area contributed by atoms with E-state index < -0.39 is 18.0 Å². The van der Waals surface area contributed by atoms with Crippen molar-refractivity contribution in [3.05, 3.63) is 59.7 Å². The maximum atomic E-state index is 12.3. The van der Waals surface area contributed by atoms with Crippen molar-refractivity contribution in [3.8, 4) is 11.1 Å². The molecule has 168 valence electrons. The largest absolute Gasteiger partial charge is 0.481 e. The Morgan fingerprint density at radius 3 is 2.22 bits per heavy atom. The number of carbonyl (C=O) groups is 3. The molecule has 1 saturated carbocycles. The van der Waals surface area contributed by atoms with Crippen LogP contribution in [-0.2, 0) is 14.3 Å². The maximum absolute atomic E-state index is 12.3. The Morgan fingerprint density at radius 1 is 1.03 bits per heavy atom. The summed E-state index contributed by atoms with van der Waals surface area (Å²) in [4.78, 5) is 35.1. The SMILES string of the molecule is CC(CNC(=O)CC1CC(NC(=O)OCC2c3ccccc3-c3ccccc32)C1)C(=O)O. The van der Waals surface area contributed by atoms with Crippen LogP contribution >= 0.6 is 0 Å². The lowest BCUT2D eigenvalue weighted by atomic mass is 9.78. The average molecular weight is 437 g/mol. The number of carboxylic acid groups (broad SMARTS) is 1. The third-order valence-corrected chi connectivity index (χ3v) is 6.40. The summed E-state index contributed by atoms with van der Waals surface area (Å²) < 4.78 is 5.56. The lowest BCUT2D eigenvalue weighted by Gasteiger charge is -2.35. The maximum Gasteiger partial charge on any atom is 0.407 e. The summed E-state index contributed by atoms with van der Waals surface area (Å²) in [6.45, 7) is 1.96. The molecule has 2 aromatic carbocycles. The molecule has 1 unspecified atom stereocenters. The molecule has 0 bridgehead atoms. The summed E-state index contributed by atoms with van der Waals surface area (Å²) in [5, 5.41) is 14.4. The lowest BCUT2D eigenvalue weighted by Crippen LogP contribution is -2.46. The fraction of sp³-hybridized carbons (Fsp3) is 0.400. The number of ether oxygens (including phenoxy) is 1. The molecule has 2 aliphatic rings. The second kappa shape index (κ2) is 9.42. The predicted octanol–water partition coefficient (Wildman–Crippen LogP) is 3.53. The first-order chi connectivity index (χ1) is 15.4. The van der Waals surface area contributed by atoms with E-state index in [1.807, 2.05) is 24.3 Å². The first-order valence-electron chi connectivity index (χ1n) is 11.0. The Labute approximate surface area is 187 Å². The molecule has 1 atom stereocenters. The highest BCUT2D eigenvalue weighted by molar-refractivity contribution is 5.79. The number of benzene rings is 2. The molecular formula is C25H28N2O5. The molecule has 0 heterocycles. The number of rotatable bonds is 8. The van der Waals surface area contributed by atoms with E-state index in [0.29, 0.717) is 19.3 Å². The standard InChI is InChI=1S/C25H28N2O5/c1-15(24(29)30)13-26-23(28)12-16-10-17(11-16)27-25(31)32-14-22-20-8-4-2-6-18(20)19-7-3-5-9-21(19)22/h2-9,15-17,22H,10-14H2,1H3,(H,26,28)(H,27,31)(H,29,30). The summed E-state index contributed by atoms with van der Waals surface area (Å²) in [7, 11) is 0. The molecule has 1 fully saturated rings. The molecule has 32 heavy (non-hydrogen) atoms. The summed E-state index contributed by atoms with van der Waals surface area (Å²) in [6, 6.07) is 16.4. The van der Waals surface area contributed by atoms with Crippen molar-refractivity contribution >= 4 is 18.0 Å². The van der Waals surface area contributed by atoms with Gasteiger partial charge in [-0.2, -0.15) is 0 Å². The number of aliphatic carboxylic acids is 1. The van der Waals surface area contributed by atoms with Crippen molar-refractivity contribution in [3.63, 3.8) is 0 Å². The van der Waals surface area contributed by atoms with Crippen LogP contribution in [0.25, 0.3) is 11.1 Å². The monoisotopic (exact) mass is 436 g/mol. The molecule has 2 aliphatic carbocycles. The van der Waals surface area contributed by atoms with E-state index in [1.54, 1.807) is 6.92 Å². The van der Waals surface area contributed by atoms with Gasteiger partial charge in [0.1, 0.15) is 6.61 Å². The minimum absolute atomic E-state index is 0.00129. The zero-order valence-corrected chi connectivity index (χ0v) is 18.0. The Balaban J connectivity index is 1.20. The molecule has 0 radical (unpaired) electrons. The Hall–Kier alpha value is -3.35. The van der Waals surface area contributed by atoms with Gasteiger partial charge in [-0.1, -0.05) is 55.5 Å². The first kappa shape index (κ1) is 21.9. The van der Waals surface area contributed by atoms with Crippen LogP contribution in [0.5, 0.6) is 0 Å². The minimum atomic E-state index is -0.929. The highest BCUT2D eigenvalue weighted by Crippen LogP contribution is 2.44. The normalized spacial score (nSPS) is 19.8. The second-order valence-electron chi connectivity index (χ2n) is 8.75. The topological polar surface area (TPSA) is 105 Å². The van der Waals surface area contributed by atoms with Crippen molar-refractivity contribution in [2.75, 3.05) is 13.2 Å². The van der Waals surface area contributed by atoms with Crippen LogP contribution in [0.1, 0.15) is 43.2 Å². The molecule has 7 nitrogen and oxygen atoms in total. The van der Waals surface area contributed by atoms with Crippen LogP contribution in [0.2, 0.25) is 0 Å². The molecular weight excluding hydrogens is 408 g/mol. The van der Waals surface area contributed by atoms with Gasteiger partial charge in [-0.05, 0) is 41.0 Å². The van der Waals surface area contributed by atoms with Crippen LogP contribution in [-0.4, -0.2) is 42.3 Å². The Morgan fingerprint density at radius 2 is 1.62 bits per heavy atom. The highest BCUT2D eigenvalue weighted by atomic mass is 16.5. The van der Waals surface area contributed by atoms with Crippen molar-refractivity contribution < 1.29 is 24.2 Å². The molecule has 4 rings (SSSR count). The van der Waals surface area contributed by atoms with E-state index in [-0.39, 0.29) is 36.9 Å². The van der Waals surface area contributed by atoms with Gasteiger partial charge in [-0.25, -0.2) is 4.79 Å². The van der Waals surface area contributed by atoms with Gasteiger partial charge >= 0.3 is 12.1 Å². The fourth-order valence-corrected chi connectivity index (χ4v) is 4.52. The van der Waals surface area contributed by atoms with Gasteiger partial charge in [0.05, 0.1) is 5.92 Å². The molecule has 0 saturated heterocycles. The van der Waals surface area contributed by atoms with Crippen LogP contribution < -0.4 is 10.6 Å². The summed E-state index contributed by atoms with van der Waals surface area (Å²) in [5.74, 6) is -1.47. The highest BCUT2D eigenvalue weighted by Gasteiger charge is 2.33. The minimum Gasteiger partial charge on any atom is -0.481 e. The molecule has 0 aromatic heterocycles. The fourth-order valence-electron chi connectivity index (χ4n) is 4.52. The Bertz CT molecular complexity index is 969. The van der Waals surface area contributed by atoms with Gasteiger partial charge in [0.25, 0.3) is 0 Å². The van der Waals surface area contributed by atoms with E-state index in [9.17, 15) is 14.4 Å². The van der Waals surface area contributed by atoms with E-state index in [0.717, 1.165) is 0 Å². The number of carboxylic acids is 1. The molecule has 2 amide bonds. The summed E-state index contributed by atoms with van der Waals surface area (Å²) >= 11 is 0. The number of hydrogen-bond acceptors (Lipinski definition) is 4. The molecule has 0 spiro atoms. The average Bonchev–Trinajstić information content (AvgIpc) is 3.08. The van der Waals surface area contributed by atoms with Crippen LogP contribution in [0.3, 0.4) is 0 Å². The van der Waals surface area contributed by atoms with E-state index >= 15 is 0 Å². The second-order valence-corrected chi connectivity index (χ2v) is 8.75. The molecule has 0 aliphatic heterocycles. The zero-order chi connectivity index (χ0) is 22.7. The molecule has 7 heteroatoms. The Kier molecular flexibility index (Phi) is 6.44. The number of alkyl carbamates (subject to hydrolysis) is 1. The van der Waals surface area contributed by atoms with Gasteiger partial charge in [0, 0.05) is 24.9 Å². The zero-order valence-electron chi connectivity index (χ0n) is 18.0. The number of hydrogen-bond donors (Lipinski definition) is 3. The molecule has 2 aromatic rings. The quantitative estimate of drug-likeness (QED) is 0.587. The number of nitrogens with one attached hydrogen (secondary N) is 2. The van der Waals surface area contributed by atoms with Crippen LogP contribution in [0.4, 0.5) is 4.79 Å². The first-order valence-corrected chi connectivity index (χ1v) is 11.0. The third-order valence-electron chi connectivity index (χ3n) is 6.40. The third kappa shape index (κ3) is 4.77. The van der Waals surface area contributed by atoms with Crippen molar-refractivity contribution in [1.29, 1.82) is 0 Å². The molecule has 3 N–H and O–H groups in total. The van der Waals surface area contributed by atoms with Gasteiger partial charge in [-0.3, -0.25) is 9.59 Å². The van der Waals surface area contributed by atoms with Gasteiger partial charge in [0.2, 0.25) is 5.91 Å². The predicted molar refractivity (Wildman–Crippen MR) is 119 cm³/mol. The van der Waals surface area contributed by atoms with Crippen LogP contribution in [0.15, 0.2) is 48.5 Å². The van der Waals surface area contributed by atoms with Crippen molar-refractivity contribution in [1.82, 2.24) is 10.6 Å². The van der Waals surface area contributed by atoms with Crippen LogP contribution in [0, 0.1) is 11.8 Å². The van der Waals surface area contributed by atoms with Crippen molar-refractivity contribution in [2.24, 2.45) is 11.8 Å². The lowest BCUT2D eigenvalue weighted by molar-refractivity contribution is -0.141. The summed E-state index contributed by atoms with van der Waals surface area (Å²) in [5.41, 5.74) is 4.73. The van der Waals surface area contributed by atoms with E-state index in [2.05, 4.69) is 34.9 Å². The number of fused-ring (bicyclic) bond motifs is 3. The number of amides is 2. The van der Waals surface area contributed by atoms with E-state index in [4.69, 9.17) is 9.84 Å².